The molecule has 1 atom stereocenters. The minimum Gasteiger partial charge on any atom is -0.338 e. The molecule has 1 aliphatic heterocycles. The Balaban J connectivity index is 1.38. The quantitative estimate of drug-likeness (QED) is 0.592. The summed E-state index contributed by atoms with van der Waals surface area (Å²) in [5.41, 5.74) is 1.19. The molecule has 9 heteroatoms. The van der Waals surface area contributed by atoms with Gasteiger partial charge in [0.25, 0.3) is 0 Å². The van der Waals surface area contributed by atoms with Gasteiger partial charge in [0, 0.05) is 17.1 Å². The predicted molar refractivity (Wildman–Crippen MR) is 113 cm³/mol. The monoisotopic (exact) mass is 448 g/mol. The standard InChI is InChI=1S/C21H19Cl2FN4O2/c22-15-5-8-17(23)18(10-15)25-21(29)14-2-1-9-28(11-14)12-19-26-20(27-30-19)13-3-6-16(24)7-4-13/h3-8,10,14H,1-2,9,11-12H2,(H,25,29). The molecule has 4 rings (SSSR count). The van der Waals surface area contributed by atoms with Crippen LogP contribution in [0, 0.1) is 11.7 Å². The van der Waals surface area contributed by atoms with Crippen LogP contribution in [0.1, 0.15) is 18.7 Å². The molecule has 30 heavy (non-hydrogen) atoms. The lowest BCUT2D eigenvalue weighted by molar-refractivity contribution is -0.121. The maximum Gasteiger partial charge on any atom is 0.241 e. The van der Waals surface area contributed by atoms with Crippen molar-refractivity contribution in [1.82, 2.24) is 15.0 Å². The molecule has 1 aliphatic rings. The molecule has 2 heterocycles. The molecular formula is C21H19Cl2FN4O2. The maximum atomic E-state index is 13.1. The summed E-state index contributed by atoms with van der Waals surface area (Å²) in [7, 11) is 0. The molecule has 1 aromatic heterocycles. The molecule has 6 nitrogen and oxygen atoms in total. The third kappa shape index (κ3) is 4.98. The van der Waals surface area contributed by atoms with Crippen LogP contribution in [0.4, 0.5) is 10.1 Å². The van der Waals surface area contributed by atoms with Gasteiger partial charge in [-0.3, -0.25) is 9.69 Å². The number of rotatable bonds is 5. The Morgan fingerprint density at radius 2 is 2.03 bits per heavy atom. The highest BCUT2D eigenvalue weighted by atomic mass is 35.5. The van der Waals surface area contributed by atoms with Gasteiger partial charge < -0.3 is 9.84 Å². The minimum atomic E-state index is -0.320. The summed E-state index contributed by atoms with van der Waals surface area (Å²) in [5, 5.41) is 7.79. The van der Waals surface area contributed by atoms with Crippen LogP contribution in [0.2, 0.25) is 10.0 Å². The van der Waals surface area contributed by atoms with Gasteiger partial charge in [0.05, 0.1) is 23.2 Å². The summed E-state index contributed by atoms with van der Waals surface area (Å²) >= 11 is 12.1. The van der Waals surface area contributed by atoms with Crippen LogP contribution in [0.25, 0.3) is 11.4 Å². The lowest BCUT2D eigenvalue weighted by atomic mass is 9.97. The average molecular weight is 449 g/mol. The Labute approximate surface area is 183 Å². The highest BCUT2D eigenvalue weighted by Gasteiger charge is 2.27. The summed E-state index contributed by atoms with van der Waals surface area (Å²) in [6.45, 7) is 1.84. The lowest BCUT2D eigenvalue weighted by Crippen LogP contribution is -2.40. The normalized spacial score (nSPS) is 17.1. The Bertz CT molecular complexity index is 1040. The van der Waals surface area contributed by atoms with E-state index in [0.29, 0.717) is 46.1 Å². The van der Waals surface area contributed by atoms with Crippen molar-refractivity contribution in [2.45, 2.75) is 19.4 Å². The lowest BCUT2D eigenvalue weighted by Gasteiger charge is -2.30. The van der Waals surface area contributed by atoms with E-state index in [-0.39, 0.29) is 17.6 Å². The van der Waals surface area contributed by atoms with Gasteiger partial charge >= 0.3 is 0 Å². The molecular weight excluding hydrogens is 430 g/mol. The molecule has 0 saturated carbocycles. The maximum absolute atomic E-state index is 13.1. The number of nitrogens with zero attached hydrogens (tertiary/aromatic N) is 3. The summed E-state index contributed by atoms with van der Waals surface area (Å²) in [4.78, 5) is 19.2. The number of carbonyl (C=O) groups excluding carboxylic acids is 1. The molecule has 1 unspecified atom stereocenters. The van der Waals surface area contributed by atoms with Gasteiger partial charge in [-0.1, -0.05) is 28.4 Å². The Morgan fingerprint density at radius 3 is 2.83 bits per heavy atom. The number of hydrogen-bond acceptors (Lipinski definition) is 5. The van der Waals surface area contributed by atoms with Crippen LogP contribution < -0.4 is 5.32 Å². The van der Waals surface area contributed by atoms with E-state index in [0.717, 1.165) is 19.4 Å². The van der Waals surface area contributed by atoms with Crippen molar-refractivity contribution in [3.63, 3.8) is 0 Å². The van der Waals surface area contributed by atoms with Gasteiger partial charge in [0.15, 0.2) is 0 Å². The summed E-state index contributed by atoms with van der Waals surface area (Å²) in [6.07, 6.45) is 1.66. The van der Waals surface area contributed by atoms with E-state index in [1.807, 2.05) is 0 Å². The SMILES string of the molecule is O=C(Nc1cc(Cl)ccc1Cl)C1CCCN(Cc2nc(-c3ccc(F)cc3)no2)C1. The molecule has 156 valence electrons. The van der Waals surface area contributed by atoms with Crippen molar-refractivity contribution < 1.29 is 13.7 Å². The number of amides is 1. The largest absolute Gasteiger partial charge is 0.338 e. The fraction of sp³-hybridized carbons (Fsp3) is 0.286. The Kier molecular flexibility index (Phi) is 6.32. The highest BCUT2D eigenvalue weighted by Crippen LogP contribution is 2.27. The van der Waals surface area contributed by atoms with Crippen LogP contribution >= 0.6 is 23.2 Å². The van der Waals surface area contributed by atoms with Crippen molar-refractivity contribution in [2.75, 3.05) is 18.4 Å². The number of halogens is 3. The summed E-state index contributed by atoms with van der Waals surface area (Å²) in [6, 6.07) is 10.9. The van der Waals surface area contributed by atoms with Gasteiger partial charge in [0.2, 0.25) is 17.6 Å². The number of aromatic nitrogens is 2. The zero-order chi connectivity index (χ0) is 21.1. The number of likely N-dealkylation sites (tertiary alicyclic amines) is 1. The van der Waals surface area contributed by atoms with E-state index in [9.17, 15) is 9.18 Å². The second-order valence-electron chi connectivity index (χ2n) is 7.21. The van der Waals surface area contributed by atoms with Gasteiger partial charge in [-0.25, -0.2) is 4.39 Å². The fourth-order valence-corrected chi connectivity index (χ4v) is 3.80. The molecule has 0 aliphatic carbocycles. The Hall–Kier alpha value is -2.48. The summed E-state index contributed by atoms with van der Waals surface area (Å²) in [5.74, 6) is 0.258. The second-order valence-corrected chi connectivity index (χ2v) is 8.05. The number of nitrogens with one attached hydrogen (secondary N) is 1. The van der Waals surface area contributed by atoms with Crippen molar-refractivity contribution in [3.8, 4) is 11.4 Å². The van der Waals surface area contributed by atoms with Gasteiger partial charge in [-0.05, 0) is 61.9 Å². The van der Waals surface area contributed by atoms with Gasteiger partial charge in [0.1, 0.15) is 5.82 Å². The third-order valence-electron chi connectivity index (χ3n) is 4.99. The van der Waals surface area contributed by atoms with E-state index in [4.69, 9.17) is 27.7 Å². The molecule has 1 N–H and O–H groups in total. The van der Waals surface area contributed by atoms with Gasteiger partial charge in [-0.15, -0.1) is 0 Å². The molecule has 3 aromatic rings. The van der Waals surface area contributed by atoms with Crippen LogP contribution in [0.3, 0.4) is 0 Å². The first-order chi connectivity index (χ1) is 14.5. The molecule has 2 aromatic carbocycles. The number of anilines is 1. The van der Waals surface area contributed by atoms with E-state index in [1.54, 1.807) is 30.3 Å². The zero-order valence-corrected chi connectivity index (χ0v) is 17.5. The van der Waals surface area contributed by atoms with Crippen molar-refractivity contribution in [1.29, 1.82) is 0 Å². The number of hydrogen-bond donors (Lipinski definition) is 1. The van der Waals surface area contributed by atoms with Crippen LogP contribution in [-0.2, 0) is 11.3 Å². The smallest absolute Gasteiger partial charge is 0.241 e. The van der Waals surface area contributed by atoms with Crippen molar-refractivity contribution in [3.05, 3.63) is 64.2 Å². The minimum absolute atomic E-state index is 0.0959. The first-order valence-electron chi connectivity index (χ1n) is 9.55. The van der Waals surface area contributed by atoms with Crippen molar-refractivity contribution >= 4 is 34.8 Å². The number of piperidine rings is 1. The van der Waals surface area contributed by atoms with Crippen LogP contribution in [0.15, 0.2) is 47.0 Å². The van der Waals surface area contributed by atoms with Crippen molar-refractivity contribution in [2.24, 2.45) is 5.92 Å². The Morgan fingerprint density at radius 1 is 1.23 bits per heavy atom. The molecule has 0 bridgehead atoms. The van der Waals surface area contributed by atoms with E-state index >= 15 is 0 Å². The first kappa shape index (κ1) is 20.8. The highest BCUT2D eigenvalue weighted by molar-refractivity contribution is 6.35. The number of carbonyl (C=O) groups is 1. The van der Waals surface area contributed by atoms with Crippen LogP contribution in [0.5, 0.6) is 0 Å². The van der Waals surface area contributed by atoms with Crippen LogP contribution in [-0.4, -0.2) is 34.0 Å². The molecule has 0 spiro atoms. The molecule has 1 saturated heterocycles. The topological polar surface area (TPSA) is 71.3 Å². The number of benzene rings is 2. The van der Waals surface area contributed by atoms with Gasteiger partial charge in [-0.2, -0.15) is 4.98 Å². The van der Waals surface area contributed by atoms with E-state index in [1.165, 1.54) is 12.1 Å². The molecule has 1 amide bonds. The predicted octanol–water partition coefficient (Wildman–Crippen LogP) is 5.03. The van der Waals surface area contributed by atoms with E-state index < -0.39 is 0 Å². The average Bonchev–Trinajstić information content (AvgIpc) is 3.20. The fourth-order valence-electron chi connectivity index (χ4n) is 3.47. The molecule has 0 radical (unpaired) electrons. The third-order valence-corrected chi connectivity index (χ3v) is 5.56. The first-order valence-corrected chi connectivity index (χ1v) is 10.3. The second kappa shape index (κ2) is 9.12. The van der Waals surface area contributed by atoms with E-state index in [2.05, 4.69) is 20.4 Å². The summed E-state index contributed by atoms with van der Waals surface area (Å²) < 4.78 is 18.4. The zero-order valence-electron chi connectivity index (χ0n) is 15.9. The molecule has 1 fully saturated rings.